The molecule has 0 unspecified atom stereocenters. The lowest BCUT2D eigenvalue weighted by atomic mass is 10.1. The van der Waals surface area contributed by atoms with Crippen LogP contribution in [0.25, 0.3) is 0 Å². The van der Waals surface area contributed by atoms with Gasteiger partial charge in [0.2, 0.25) is 5.91 Å². The second-order valence-electron chi connectivity index (χ2n) is 6.98. The lowest BCUT2D eigenvalue weighted by Gasteiger charge is -2.40. The average Bonchev–Trinajstić information content (AvgIpc) is 2.62. The third-order valence-corrected chi connectivity index (χ3v) is 4.61. The molecule has 1 amide bonds. The van der Waals surface area contributed by atoms with Gasteiger partial charge in [-0.05, 0) is 43.2 Å². The van der Waals surface area contributed by atoms with Crippen molar-refractivity contribution in [2.45, 2.75) is 39.3 Å². The summed E-state index contributed by atoms with van der Waals surface area (Å²) in [7, 11) is 0. The molecule has 3 rings (SSSR count). The van der Waals surface area contributed by atoms with Crippen LogP contribution in [0.1, 0.15) is 38.8 Å². The van der Waals surface area contributed by atoms with Crippen LogP contribution in [0.15, 0.2) is 48.5 Å². The van der Waals surface area contributed by atoms with E-state index < -0.39 is 0 Å². The molecular weight excluding hydrogens is 340 g/mol. The van der Waals surface area contributed by atoms with E-state index >= 15 is 0 Å². The van der Waals surface area contributed by atoms with Crippen molar-refractivity contribution in [1.29, 1.82) is 0 Å². The van der Waals surface area contributed by atoms with Crippen molar-refractivity contribution in [3.63, 3.8) is 0 Å². The summed E-state index contributed by atoms with van der Waals surface area (Å²) in [6, 6.07) is 16.2. The van der Waals surface area contributed by atoms with Gasteiger partial charge in [-0.1, -0.05) is 25.1 Å². The van der Waals surface area contributed by atoms with Crippen LogP contribution in [0.4, 0.5) is 5.69 Å². The number of benzene rings is 2. The van der Waals surface area contributed by atoms with Crippen molar-refractivity contribution in [2.75, 3.05) is 24.6 Å². The Labute approximate surface area is 161 Å². The number of amides is 1. The molecule has 0 spiro atoms. The molecule has 2 aromatic rings. The summed E-state index contributed by atoms with van der Waals surface area (Å²) in [5.74, 6) is 1.75. The number of carbonyl (C=O) groups excluding carboxylic acids is 1. The second-order valence-corrected chi connectivity index (χ2v) is 6.98. The predicted octanol–water partition coefficient (Wildman–Crippen LogP) is 3.94. The summed E-state index contributed by atoms with van der Waals surface area (Å²) in [6.45, 7) is 8.07. The number of ether oxygens (including phenoxy) is 2. The molecule has 1 fully saturated rings. The molecule has 1 saturated heterocycles. The minimum atomic E-state index is -0.0263. The molecule has 1 atom stereocenters. The van der Waals surface area contributed by atoms with Gasteiger partial charge >= 0.3 is 0 Å². The number of nitrogens with zero attached hydrogens (tertiary/aromatic N) is 1. The fourth-order valence-corrected chi connectivity index (χ4v) is 3.13. The first-order valence-electron chi connectivity index (χ1n) is 9.56. The number of rotatable bonds is 8. The summed E-state index contributed by atoms with van der Waals surface area (Å²) < 4.78 is 11.8. The van der Waals surface area contributed by atoms with Crippen LogP contribution in [0.3, 0.4) is 0 Å². The van der Waals surface area contributed by atoms with E-state index in [4.69, 9.17) is 9.47 Å². The average molecular weight is 368 g/mol. The van der Waals surface area contributed by atoms with E-state index in [2.05, 4.69) is 29.3 Å². The molecule has 0 saturated carbocycles. The summed E-state index contributed by atoms with van der Waals surface area (Å²) >= 11 is 0. The van der Waals surface area contributed by atoms with E-state index in [1.807, 2.05) is 43.3 Å². The number of hydrogen-bond acceptors (Lipinski definition) is 4. The van der Waals surface area contributed by atoms with E-state index in [9.17, 15) is 4.79 Å². The Morgan fingerprint density at radius 2 is 1.93 bits per heavy atom. The van der Waals surface area contributed by atoms with Gasteiger partial charge in [-0.25, -0.2) is 0 Å². The number of nitrogens with one attached hydrogen (secondary N) is 1. The Balaban J connectivity index is 1.50. The highest BCUT2D eigenvalue weighted by Gasteiger charge is 2.28. The molecule has 0 radical (unpaired) electrons. The van der Waals surface area contributed by atoms with Crippen molar-refractivity contribution < 1.29 is 14.3 Å². The van der Waals surface area contributed by atoms with Crippen molar-refractivity contribution in [3.8, 4) is 11.5 Å². The van der Waals surface area contributed by atoms with Gasteiger partial charge in [-0.3, -0.25) is 4.79 Å². The summed E-state index contributed by atoms with van der Waals surface area (Å²) in [5, 5.41) is 2.89. The van der Waals surface area contributed by atoms with Gasteiger partial charge in [0.25, 0.3) is 0 Å². The van der Waals surface area contributed by atoms with Gasteiger partial charge in [0, 0.05) is 18.7 Å². The maximum Gasteiger partial charge on any atom is 0.217 e. The molecule has 1 aliphatic rings. The summed E-state index contributed by atoms with van der Waals surface area (Å²) in [5.41, 5.74) is 2.24. The molecule has 144 valence electrons. The Kier molecular flexibility index (Phi) is 6.22. The zero-order valence-corrected chi connectivity index (χ0v) is 16.3. The summed E-state index contributed by atoms with van der Waals surface area (Å²) in [4.78, 5) is 13.4. The smallest absolute Gasteiger partial charge is 0.217 e. The van der Waals surface area contributed by atoms with Crippen LogP contribution in [0.2, 0.25) is 0 Å². The molecule has 5 nitrogen and oxygen atoms in total. The highest BCUT2D eigenvalue weighted by atomic mass is 16.5. The molecule has 0 aromatic heterocycles. The minimum Gasteiger partial charge on any atom is -0.494 e. The molecule has 0 bridgehead atoms. The molecule has 5 heteroatoms. The number of hydrogen-bond donors (Lipinski definition) is 1. The van der Waals surface area contributed by atoms with E-state index in [0.717, 1.165) is 43.2 Å². The van der Waals surface area contributed by atoms with Gasteiger partial charge in [0.05, 0.1) is 25.7 Å². The Morgan fingerprint density at radius 3 is 2.59 bits per heavy atom. The highest BCUT2D eigenvalue weighted by molar-refractivity contribution is 5.73. The van der Waals surface area contributed by atoms with Crippen molar-refractivity contribution in [2.24, 2.45) is 0 Å². The van der Waals surface area contributed by atoms with Gasteiger partial charge in [-0.2, -0.15) is 0 Å². The largest absolute Gasteiger partial charge is 0.494 e. The van der Waals surface area contributed by atoms with E-state index in [0.29, 0.717) is 0 Å². The normalized spacial score (nSPS) is 15.0. The lowest BCUT2D eigenvalue weighted by Crippen LogP contribution is -2.54. The Bertz CT molecular complexity index is 754. The van der Waals surface area contributed by atoms with Crippen LogP contribution in [-0.4, -0.2) is 31.7 Å². The van der Waals surface area contributed by atoms with Crippen molar-refractivity contribution in [1.82, 2.24) is 5.32 Å². The fraction of sp³-hybridized carbons (Fsp3) is 0.409. The molecule has 1 N–H and O–H groups in total. The van der Waals surface area contributed by atoms with Crippen LogP contribution in [0.5, 0.6) is 11.5 Å². The molecular formula is C22H28N2O3. The quantitative estimate of drug-likeness (QED) is 0.767. The van der Waals surface area contributed by atoms with Crippen LogP contribution >= 0.6 is 0 Å². The molecule has 1 aliphatic heterocycles. The highest BCUT2D eigenvalue weighted by Crippen LogP contribution is 2.28. The standard InChI is InChI=1S/C22H28N2O3/c1-4-12-26-21-7-5-6-19(13-21)24-14-22(15-24)27-20-10-8-18(9-11-20)16(2)23-17(3)25/h5-11,13,16,22H,4,12,14-15H2,1-3H3,(H,23,25)/t16-/m0/s1. The molecule has 2 aromatic carbocycles. The maximum absolute atomic E-state index is 11.2. The van der Waals surface area contributed by atoms with Crippen LogP contribution in [0, 0.1) is 0 Å². The first-order valence-corrected chi connectivity index (χ1v) is 9.56. The van der Waals surface area contributed by atoms with Gasteiger partial charge in [0.1, 0.15) is 17.6 Å². The lowest BCUT2D eigenvalue weighted by molar-refractivity contribution is -0.119. The third kappa shape index (κ3) is 5.16. The van der Waals surface area contributed by atoms with E-state index in [1.165, 1.54) is 12.6 Å². The SMILES string of the molecule is CCCOc1cccc(N2CC(Oc3ccc([C@H](C)NC(C)=O)cc3)C2)c1. The Hall–Kier alpha value is -2.69. The molecule has 0 aliphatic carbocycles. The summed E-state index contributed by atoms with van der Waals surface area (Å²) in [6.07, 6.45) is 1.19. The Morgan fingerprint density at radius 1 is 1.19 bits per heavy atom. The zero-order chi connectivity index (χ0) is 19.2. The predicted molar refractivity (Wildman–Crippen MR) is 108 cm³/mol. The third-order valence-electron chi connectivity index (χ3n) is 4.61. The van der Waals surface area contributed by atoms with Crippen LogP contribution in [-0.2, 0) is 4.79 Å². The topological polar surface area (TPSA) is 50.8 Å². The van der Waals surface area contributed by atoms with E-state index in [-0.39, 0.29) is 18.1 Å². The number of carbonyl (C=O) groups is 1. The van der Waals surface area contributed by atoms with Gasteiger partial charge < -0.3 is 19.7 Å². The minimum absolute atomic E-state index is 0.00190. The molecule has 1 heterocycles. The first kappa shape index (κ1) is 19.1. The number of anilines is 1. The monoisotopic (exact) mass is 368 g/mol. The van der Waals surface area contributed by atoms with Gasteiger partial charge in [-0.15, -0.1) is 0 Å². The first-order chi connectivity index (χ1) is 13.0. The second kappa shape index (κ2) is 8.80. The zero-order valence-electron chi connectivity index (χ0n) is 16.3. The van der Waals surface area contributed by atoms with Crippen LogP contribution < -0.4 is 19.7 Å². The molecule has 27 heavy (non-hydrogen) atoms. The van der Waals surface area contributed by atoms with Gasteiger partial charge in [0.15, 0.2) is 0 Å². The maximum atomic E-state index is 11.2. The van der Waals surface area contributed by atoms with Crippen molar-refractivity contribution in [3.05, 3.63) is 54.1 Å². The van der Waals surface area contributed by atoms with E-state index in [1.54, 1.807) is 0 Å². The fourth-order valence-electron chi connectivity index (χ4n) is 3.13. The van der Waals surface area contributed by atoms with Crippen molar-refractivity contribution >= 4 is 11.6 Å².